The van der Waals surface area contributed by atoms with Crippen LogP contribution in [0.25, 0.3) is 10.6 Å². The molecule has 1 aromatic heterocycles. The van der Waals surface area contributed by atoms with Crippen molar-refractivity contribution < 1.29 is 22.7 Å². The van der Waals surface area contributed by atoms with Crippen LogP contribution in [0, 0.1) is 6.92 Å². The summed E-state index contributed by atoms with van der Waals surface area (Å²) in [4.78, 5) is 20.5. The fourth-order valence-electron chi connectivity index (χ4n) is 3.73. The molecule has 0 spiro atoms. The molecule has 0 unspecified atom stereocenters. The molecule has 0 fully saturated rings. The van der Waals surface area contributed by atoms with Gasteiger partial charge in [-0.05, 0) is 49.2 Å². The first-order chi connectivity index (χ1) is 15.7. The van der Waals surface area contributed by atoms with E-state index in [1.165, 1.54) is 41.8 Å². The minimum atomic E-state index is -4.34. The summed E-state index contributed by atoms with van der Waals surface area (Å²) in [5, 5.41) is 0.729. The van der Waals surface area contributed by atoms with Gasteiger partial charge in [0.2, 0.25) is 0 Å². The maximum absolute atomic E-state index is 12.8. The highest BCUT2D eigenvalue weighted by molar-refractivity contribution is 7.98. The van der Waals surface area contributed by atoms with Crippen LogP contribution in [-0.4, -0.2) is 31.2 Å². The van der Waals surface area contributed by atoms with Crippen LogP contribution >= 0.6 is 23.1 Å². The number of thiazole rings is 1. The molecule has 1 aliphatic rings. The number of anilines is 1. The van der Waals surface area contributed by atoms with E-state index in [0.29, 0.717) is 18.5 Å². The number of nitrogens with zero attached hydrogens (tertiary/aromatic N) is 2. The first-order valence-corrected chi connectivity index (χ1v) is 12.3. The van der Waals surface area contributed by atoms with Crippen LogP contribution in [0.3, 0.4) is 0 Å². The Hall–Kier alpha value is -2.52. The number of fused-ring (bicyclic) bond motifs is 1. The lowest BCUT2D eigenvalue weighted by atomic mass is 10.1. The quantitative estimate of drug-likeness (QED) is 0.284. The van der Waals surface area contributed by atoms with Crippen LogP contribution in [0.15, 0.2) is 47.4 Å². The summed E-state index contributed by atoms with van der Waals surface area (Å²) in [7, 11) is 1.40. The van der Waals surface area contributed by atoms with Crippen molar-refractivity contribution in [2.45, 2.75) is 36.6 Å². The van der Waals surface area contributed by atoms with Gasteiger partial charge in [-0.25, -0.2) is 4.98 Å². The molecule has 0 bridgehead atoms. The third-order valence-corrected chi connectivity index (χ3v) is 7.99. The summed E-state index contributed by atoms with van der Waals surface area (Å²) in [5.74, 6) is 0.542. The Balaban J connectivity index is 1.40. The molecule has 2 aromatic carbocycles. The third kappa shape index (κ3) is 5.52. The zero-order chi connectivity index (χ0) is 23.6. The van der Waals surface area contributed by atoms with Crippen LogP contribution in [0.2, 0.25) is 0 Å². The molecule has 0 saturated heterocycles. The van der Waals surface area contributed by atoms with E-state index >= 15 is 0 Å². The van der Waals surface area contributed by atoms with Gasteiger partial charge in [-0.2, -0.15) is 13.2 Å². The van der Waals surface area contributed by atoms with E-state index in [-0.39, 0.29) is 5.97 Å². The molecule has 0 radical (unpaired) electrons. The van der Waals surface area contributed by atoms with Crippen LogP contribution in [0.5, 0.6) is 0 Å². The van der Waals surface area contributed by atoms with Gasteiger partial charge >= 0.3 is 12.1 Å². The lowest BCUT2D eigenvalue weighted by molar-refractivity contribution is -0.140. The van der Waals surface area contributed by atoms with Crippen molar-refractivity contribution >= 4 is 34.8 Å². The lowest BCUT2D eigenvalue weighted by Gasteiger charge is -2.18. The minimum Gasteiger partial charge on any atom is -0.469 e. The van der Waals surface area contributed by atoms with Crippen molar-refractivity contribution in [2.75, 3.05) is 25.1 Å². The monoisotopic (exact) mass is 492 g/mol. The van der Waals surface area contributed by atoms with Gasteiger partial charge in [0.15, 0.2) is 0 Å². The van der Waals surface area contributed by atoms with Crippen LogP contribution < -0.4 is 4.90 Å². The molecule has 0 N–H and O–H groups in total. The first kappa shape index (κ1) is 23.6. The third-order valence-electron chi connectivity index (χ3n) is 5.58. The number of hydrogen-bond acceptors (Lipinski definition) is 6. The molecule has 4 rings (SSSR count). The number of aromatic nitrogens is 1. The number of esters is 1. The number of carbonyl (C=O) groups is 1. The molecule has 1 aliphatic heterocycles. The molecule has 33 heavy (non-hydrogen) atoms. The van der Waals surface area contributed by atoms with Gasteiger partial charge in [-0.3, -0.25) is 4.79 Å². The van der Waals surface area contributed by atoms with Gasteiger partial charge < -0.3 is 9.64 Å². The van der Waals surface area contributed by atoms with Crippen molar-refractivity contribution in [3.63, 3.8) is 0 Å². The highest BCUT2D eigenvalue weighted by atomic mass is 32.2. The molecule has 4 nitrogen and oxygen atoms in total. The number of methoxy groups -OCH3 is 1. The second kappa shape index (κ2) is 9.77. The number of halogens is 3. The smallest absolute Gasteiger partial charge is 0.416 e. The lowest BCUT2D eigenvalue weighted by Crippen LogP contribution is -2.24. The van der Waals surface area contributed by atoms with Crippen molar-refractivity contribution in [3.8, 4) is 10.6 Å². The van der Waals surface area contributed by atoms with E-state index in [1.807, 2.05) is 6.92 Å². The zero-order valence-electron chi connectivity index (χ0n) is 18.2. The number of benzene rings is 2. The van der Waals surface area contributed by atoms with Crippen molar-refractivity contribution in [3.05, 3.63) is 64.2 Å². The molecule has 0 aliphatic carbocycles. The highest BCUT2D eigenvalue weighted by Crippen LogP contribution is 2.37. The zero-order valence-corrected chi connectivity index (χ0v) is 19.9. The molecule has 0 amide bonds. The summed E-state index contributed by atoms with van der Waals surface area (Å²) in [6.07, 6.45) is -3.02. The number of alkyl halides is 3. The van der Waals surface area contributed by atoms with Gasteiger partial charge in [0, 0.05) is 39.9 Å². The molecular formula is C24H23F3N2O2S2. The Labute approximate surface area is 198 Å². The fraction of sp³-hybridized carbons (Fsp3) is 0.333. The molecule has 2 heterocycles. The maximum atomic E-state index is 12.8. The highest BCUT2D eigenvalue weighted by Gasteiger charge is 2.30. The fourth-order valence-corrected chi connectivity index (χ4v) is 5.91. The maximum Gasteiger partial charge on any atom is 0.416 e. The largest absolute Gasteiger partial charge is 0.469 e. The predicted octanol–water partition coefficient (Wildman–Crippen LogP) is 6.36. The standard InChI is InChI=1S/C24H23F3N2O2S2/c1-15-21(33-23(28-15)16-3-5-18(6-4-16)24(25,26)27)14-32-19-7-8-20-17(13-19)9-11-29(20)12-10-22(30)31-2/h3-8,13H,9-12,14H2,1-2H3. The summed E-state index contributed by atoms with van der Waals surface area (Å²) < 4.78 is 43.1. The summed E-state index contributed by atoms with van der Waals surface area (Å²) in [5.41, 5.74) is 3.38. The molecule has 3 aromatic rings. The first-order valence-electron chi connectivity index (χ1n) is 10.5. The number of hydrogen-bond donors (Lipinski definition) is 0. The van der Waals surface area contributed by atoms with Crippen molar-refractivity contribution in [1.82, 2.24) is 4.98 Å². The Kier molecular flexibility index (Phi) is 6.99. The van der Waals surface area contributed by atoms with E-state index in [2.05, 4.69) is 28.1 Å². The normalized spacial score (nSPS) is 13.3. The molecule has 0 saturated carbocycles. The number of thioether (sulfide) groups is 1. The molecular weight excluding hydrogens is 469 g/mol. The van der Waals surface area contributed by atoms with Crippen LogP contribution in [0.1, 0.15) is 28.1 Å². The Morgan fingerprint density at radius 3 is 2.67 bits per heavy atom. The summed E-state index contributed by atoms with van der Waals surface area (Å²) in [6.45, 7) is 3.48. The Morgan fingerprint density at radius 2 is 1.97 bits per heavy atom. The van der Waals surface area contributed by atoms with E-state index < -0.39 is 11.7 Å². The topological polar surface area (TPSA) is 42.4 Å². The van der Waals surface area contributed by atoms with Crippen LogP contribution in [-0.2, 0) is 27.9 Å². The van der Waals surface area contributed by atoms with E-state index in [4.69, 9.17) is 4.74 Å². The van der Waals surface area contributed by atoms with E-state index in [0.717, 1.165) is 51.3 Å². The molecule has 174 valence electrons. The Bertz CT molecular complexity index is 1140. The SMILES string of the molecule is COC(=O)CCN1CCc2cc(SCc3sc(-c4ccc(C(F)(F)F)cc4)nc3C)ccc21. The molecule has 0 atom stereocenters. The average Bonchev–Trinajstić information content (AvgIpc) is 3.38. The predicted molar refractivity (Wildman–Crippen MR) is 126 cm³/mol. The second-order valence-corrected chi connectivity index (χ2v) is 9.88. The van der Waals surface area contributed by atoms with Gasteiger partial charge in [-0.1, -0.05) is 12.1 Å². The average molecular weight is 493 g/mol. The molecule has 9 heteroatoms. The number of carbonyl (C=O) groups excluding carboxylic acids is 1. The van der Waals surface area contributed by atoms with Gasteiger partial charge in [0.1, 0.15) is 5.01 Å². The number of ether oxygens (including phenoxy) is 1. The van der Waals surface area contributed by atoms with Crippen molar-refractivity contribution in [1.29, 1.82) is 0 Å². The van der Waals surface area contributed by atoms with E-state index in [1.54, 1.807) is 11.8 Å². The van der Waals surface area contributed by atoms with Crippen LogP contribution in [0.4, 0.5) is 18.9 Å². The summed E-state index contributed by atoms with van der Waals surface area (Å²) >= 11 is 3.24. The van der Waals surface area contributed by atoms with Gasteiger partial charge in [0.25, 0.3) is 0 Å². The number of aryl methyl sites for hydroxylation is 1. The van der Waals surface area contributed by atoms with Gasteiger partial charge in [-0.15, -0.1) is 23.1 Å². The van der Waals surface area contributed by atoms with Crippen molar-refractivity contribution in [2.24, 2.45) is 0 Å². The minimum absolute atomic E-state index is 0.203. The second-order valence-electron chi connectivity index (χ2n) is 7.75. The summed E-state index contributed by atoms with van der Waals surface area (Å²) in [6, 6.07) is 11.5. The van der Waals surface area contributed by atoms with Gasteiger partial charge in [0.05, 0.1) is 24.8 Å². The Morgan fingerprint density at radius 1 is 1.21 bits per heavy atom. The number of rotatable bonds is 7. The van der Waals surface area contributed by atoms with E-state index in [9.17, 15) is 18.0 Å².